The third-order valence-corrected chi connectivity index (χ3v) is 4.75. The molecule has 0 aliphatic carbocycles. The number of hydrogen-bond acceptors (Lipinski definition) is 3. The number of hydrogen-bond donors (Lipinski definition) is 2. The number of nitrogens with zero attached hydrogens (tertiary/aromatic N) is 2. The number of aromatic nitrogens is 1. The van der Waals surface area contributed by atoms with Crippen LogP contribution < -0.4 is 10.6 Å². The highest BCUT2D eigenvalue weighted by Crippen LogP contribution is 2.18. The first kappa shape index (κ1) is 17.8. The van der Waals surface area contributed by atoms with Gasteiger partial charge in [-0.15, -0.1) is 11.3 Å². The summed E-state index contributed by atoms with van der Waals surface area (Å²) in [6.07, 6.45) is 0.898. The molecule has 2 rings (SSSR count). The van der Waals surface area contributed by atoms with E-state index in [4.69, 9.17) is 11.6 Å². The Balaban J connectivity index is 1.77. The van der Waals surface area contributed by atoms with Crippen molar-refractivity contribution in [2.45, 2.75) is 32.7 Å². The zero-order chi connectivity index (χ0) is 16.7. The summed E-state index contributed by atoms with van der Waals surface area (Å²) >= 11 is 7.70. The molecule has 0 saturated heterocycles. The van der Waals surface area contributed by atoms with Crippen molar-refractivity contribution in [3.8, 4) is 0 Å². The van der Waals surface area contributed by atoms with E-state index in [0.717, 1.165) is 29.6 Å². The van der Waals surface area contributed by atoms with E-state index in [1.54, 1.807) is 18.4 Å². The molecule has 0 aliphatic rings. The van der Waals surface area contributed by atoms with Gasteiger partial charge in [-0.25, -0.2) is 4.98 Å². The summed E-state index contributed by atoms with van der Waals surface area (Å²) in [5.74, 6) is 1.26. The molecule has 2 N–H and O–H groups in total. The molecule has 0 amide bonds. The fraction of sp³-hybridized carbons (Fsp3) is 0.412. The molecule has 0 spiro atoms. The molecule has 0 saturated carbocycles. The van der Waals surface area contributed by atoms with Crippen LogP contribution in [0.2, 0.25) is 5.02 Å². The minimum atomic E-state index is 0.476. The number of aliphatic imine (C=N–C) groups is 1. The Labute approximate surface area is 147 Å². The van der Waals surface area contributed by atoms with Gasteiger partial charge in [0.1, 0.15) is 0 Å². The number of nitrogens with one attached hydrogen (secondary N) is 2. The van der Waals surface area contributed by atoms with Crippen molar-refractivity contribution in [3.05, 3.63) is 50.9 Å². The molecule has 0 atom stereocenters. The second-order valence-electron chi connectivity index (χ2n) is 5.56. The van der Waals surface area contributed by atoms with Crippen LogP contribution in [0.5, 0.6) is 0 Å². The normalized spacial score (nSPS) is 11.8. The molecule has 6 heteroatoms. The molecule has 0 unspecified atom stereocenters. The monoisotopic (exact) mass is 350 g/mol. The Kier molecular flexibility index (Phi) is 6.86. The molecule has 2 aromatic rings. The second-order valence-corrected chi connectivity index (χ2v) is 6.89. The van der Waals surface area contributed by atoms with Gasteiger partial charge in [0.15, 0.2) is 5.96 Å². The van der Waals surface area contributed by atoms with Gasteiger partial charge in [0.05, 0.1) is 17.2 Å². The molecular formula is C17H23ClN4S. The highest BCUT2D eigenvalue weighted by atomic mass is 35.5. The molecule has 1 aromatic carbocycles. The maximum atomic E-state index is 5.99. The fourth-order valence-electron chi connectivity index (χ4n) is 2.08. The summed E-state index contributed by atoms with van der Waals surface area (Å²) in [6, 6.07) is 7.92. The lowest BCUT2D eigenvalue weighted by Crippen LogP contribution is -2.37. The summed E-state index contributed by atoms with van der Waals surface area (Å²) in [5, 5.41) is 10.6. The number of rotatable bonds is 6. The van der Waals surface area contributed by atoms with Crippen LogP contribution in [0.3, 0.4) is 0 Å². The molecular weight excluding hydrogens is 328 g/mol. The van der Waals surface area contributed by atoms with Gasteiger partial charge < -0.3 is 10.6 Å². The first-order valence-corrected chi connectivity index (χ1v) is 8.97. The molecule has 0 aliphatic heterocycles. The highest BCUT2D eigenvalue weighted by molar-refractivity contribution is 7.09. The minimum absolute atomic E-state index is 0.476. The standard InChI is InChI=1S/C17H23ClN4S/c1-12(2)16-22-15(11-23-16)10-21-17(19-3)20-8-7-13-5-4-6-14(18)9-13/h4-6,9,11-12H,7-8,10H2,1-3H3,(H2,19,20,21). The van der Waals surface area contributed by atoms with Crippen LogP contribution in [0.4, 0.5) is 0 Å². The summed E-state index contributed by atoms with van der Waals surface area (Å²) in [7, 11) is 1.77. The van der Waals surface area contributed by atoms with Crippen molar-refractivity contribution in [1.29, 1.82) is 0 Å². The minimum Gasteiger partial charge on any atom is -0.356 e. The topological polar surface area (TPSA) is 49.3 Å². The van der Waals surface area contributed by atoms with Crippen molar-refractivity contribution >= 4 is 28.9 Å². The lowest BCUT2D eigenvalue weighted by molar-refractivity contribution is 0.776. The third-order valence-electron chi connectivity index (χ3n) is 3.32. The average Bonchev–Trinajstić information content (AvgIpc) is 3.00. The summed E-state index contributed by atoms with van der Waals surface area (Å²) in [6.45, 7) is 5.80. The number of benzene rings is 1. The van der Waals surface area contributed by atoms with Crippen LogP contribution >= 0.6 is 22.9 Å². The third kappa shape index (κ3) is 5.84. The highest BCUT2D eigenvalue weighted by Gasteiger charge is 2.06. The molecule has 0 fully saturated rings. The van der Waals surface area contributed by atoms with Crippen molar-refractivity contribution in [1.82, 2.24) is 15.6 Å². The summed E-state index contributed by atoms with van der Waals surface area (Å²) < 4.78 is 0. The summed E-state index contributed by atoms with van der Waals surface area (Å²) in [4.78, 5) is 8.85. The number of thiazole rings is 1. The molecule has 1 heterocycles. The zero-order valence-corrected chi connectivity index (χ0v) is 15.3. The first-order valence-electron chi connectivity index (χ1n) is 7.71. The van der Waals surface area contributed by atoms with Crippen molar-refractivity contribution in [2.75, 3.05) is 13.6 Å². The van der Waals surface area contributed by atoms with E-state index in [9.17, 15) is 0 Å². The van der Waals surface area contributed by atoms with E-state index in [2.05, 4.69) is 45.9 Å². The molecule has 124 valence electrons. The maximum Gasteiger partial charge on any atom is 0.191 e. The first-order chi connectivity index (χ1) is 11.1. The molecule has 4 nitrogen and oxygen atoms in total. The smallest absolute Gasteiger partial charge is 0.191 e. The number of guanidine groups is 1. The largest absolute Gasteiger partial charge is 0.356 e. The van der Waals surface area contributed by atoms with Gasteiger partial charge in [-0.3, -0.25) is 4.99 Å². The predicted octanol–water partition coefficient (Wildman–Crippen LogP) is 3.83. The average molecular weight is 351 g/mol. The van der Waals surface area contributed by atoms with Crippen LogP contribution in [0.15, 0.2) is 34.6 Å². The van der Waals surface area contributed by atoms with Gasteiger partial charge in [0, 0.05) is 29.9 Å². The van der Waals surface area contributed by atoms with Gasteiger partial charge >= 0.3 is 0 Å². The van der Waals surface area contributed by atoms with E-state index in [1.165, 1.54) is 10.6 Å². The van der Waals surface area contributed by atoms with Crippen LogP contribution in [0.1, 0.15) is 36.0 Å². The van der Waals surface area contributed by atoms with E-state index in [1.807, 2.05) is 18.2 Å². The van der Waals surface area contributed by atoms with Gasteiger partial charge in [-0.1, -0.05) is 37.6 Å². The van der Waals surface area contributed by atoms with Gasteiger partial charge in [0.2, 0.25) is 0 Å². The summed E-state index contributed by atoms with van der Waals surface area (Å²) in [5.41, 5.74) is 2.26. The quantitative estimate of drug-likeness (QED) is 0.615. The zero-order valence-electron chi connectivity index (χ0n) is 13.8. The second kappa shape index (κ2) is 8.89. The van der Waals surface area contributed by atoms with Crippen LogP contribution in [-0.4, -0.2) is 24.5 Å². The van der Waals surface area contributed by atoms with Crippen LogP contribution in [0.25, 0.3) is 0 Å². The molecule has 1 aromatic heterocycles. The van der Waals surface area contributed by atoms with Crippen molar-refractivity contribution < 1.29 is 0 Å². The Morgan fingerprint density at radius 3 is 2.83 bits per heavy atom. The Morgan fingerprint density at radius 2 is 2.17 bits per heavy atom. The fourth-order valence-corrected chi connectivity index (χ4v) is 3.13. The van der Waals surface area contributed by atoms with Crippen LogP contribution in [-0.2, 0) is 13.0 Å². The Bertz CT molecular complexity index is 652. The van der Waals surface area contributed by atoms with Crippen LogP contribution in [0, 0.1) is 0 Å². The molecule has 0 radical (unpaired) electrons. The predicted molar refractivity (Wildman–Crippen MR) is 99.6 cm³/mol. The molecule has 23 heavy (non-hydrogen) atoms. The van der Waals surface area contributed by atoms with Gasteiger partial charge in [0.25, 0.3) is 0 Å². The van der Waals surface area contributed by atoms with Gasteiger partial charge in [-0.05, 0) is 24.1 Å². The Morgan fingerprint density at radius 1 is 1.35 bits per heavy atom. The Hall–Kier alpha value is -1.59. The van der Waals surface area contributed by atoms with Crippen molar-refractivity contribution in [2.24, 2.45) is 4.99 Å². The van der Waals surface area contributed by atoms with E-state index in [-0.39, 0.29) is 0 Å². The van der Waals surface area contributed by atoms with E-state index in [0.29, 0.717) is 12.5 Å². The van der Waals surface area contributed by atoms with E-state index >= 15 is 0 Å². The SMILES string of the molecule is CN=C(NCCc1cccc(Cl)c1)NCc1csc(C(C)C)n1. The maximum absolute atomic E-state index is 5.99. The lowest BCUT2D eigenvalue weighted by atomic mass is 10.1. The van der Waals surface area contributed by atoms with Crippen molar-refractivity contribution in [3.63, 3.8) is 0 Å². The number of halogens is 1. The van der Waals surface area contributed by atoms with Gasteiger partial charge in [-0.2, -0.15) is 0 Å². The van der Waals surface area contributed by atoms with E-state index < -0.39 is 0 Å². The molecule has 0 bridgehead atoms. The lowest BCUT2D eigenvalue weighted by Gasteiger charge is -2.11.